The number of aromatic nitrogens is 1. The molecule has 27 heavy (non-hydrogen) atoms. The third-order valence-electron chi connectivity index (χ3n) is 4.69. The van der Waals surface area contributed by atoms with Crippen LogP contribution in [0.4, 0.5) is 10.6 Å². The summed E-state index contributed by atoms with van der Waals surface area (Å²) < 4.78 is 28.0. The molecule has 9 nitrogen and oxygen atoms in total. The lowest BCUT2D eigenvalue weighted by Gasteiger charge is -2.34. The Bertz CT molecular complexity index is 788. The van der Waals surface area contributed by atoms with E-state index in [1.54, 1.807) is 28.9 Å². The first-order valence-electron chi connectivity index (χ1n) is 9.02. The maximum absolute atomic E-state index is 12.6. The van der Waals surface area contributed by atoms with Crippen molar-refractivity contribution in [3.8, 4) is 0 Å². The number of rotatable bonds is 4. The Morgan fingerprint density at radius 1 is 1.22 bits per heavy atom. The fourth-order valence-electron chi connectivity index (χ4n) is 3.21. The zero-order chi connectivity index (χ0) is 19.4. The summed E-state index contributed by atoms with van der Waals surface area (Å²) in [6.07, 6.45) is 1.71. The van der Waals surface area contributed by atoms with Crippen molar-refractivity contribution in [2.24, 2.45) is 0 Å². The van der Waals surface area contributed by atoms with Crippen LogP contribution in [0.1, 0.15) is 23.7 Å². The molecule has 148 valence electrons. The Balaban J connectivity index is 1.53. The van der Waals surface area contributed by atoms with Gasteiger partial charge in [-0.05, 0) is 25.5 Å². The van der Waals surface area contributed by atoms with E-state index in [2.05, 4.69) is 10.3 Å². The molecular weight excluding hydrogens is 372 g/mol. The maximum atomic E-state index is 12.6. The van der Waals surface area contributed by atoms with E-state index >= 15 is 0 Å². The second kappa shape index (κ2) is 8.12. The van der Waals surface area contributed by atoms with Gasteiger partial charge in [0, 0.05) is 38.4 Å². The molecule has 0 radical (unpaired) electrons. The number of piperazine rings is 1. The number of hydrogen-bond acceptors (Lipinski definition) is 7. The molecule has 1 aromatic heterocycles. The van der Waals surface area contributed by atoms with Crippen molar-refractivity contribution in [2.45, 2.75) is 19.4 Å². The first kappa shape index (κ1) is 19.4. The molecule has 2 amide bonds. The minimum absolute atomic E-state index is 0.111. The monoisotopic (exact) mass is 396 g/mol. The van der Waals surface area contributed by atoms with Crippen LogP contribution in [0.25, 0.3) is 0 Å². The van der Waals surface area contributed by atoms with E-state index in [0.717, 1.165) is 0 Å². The normalized spacial score (nSPS) is 21.7. The van der Waals surface area contributed by atoms with Crippen LogP contribution < -0.4 is 5.32 Å². The molecule has 0 saturated carbocycles. The lowest BCUT2D eigenvalue weighted by molar-refractivity contribution is 0.0570. The molecule has 1 atom stereocenters. The first-order valence-corrected chi connectivity index (χ1v) is 10.8. The first-order chi connectivity index (χ1) is 12.9. The summed E-state index contributed by atoms with van der Waals surface area (Å²) in [6, 6.07) is 3.23. The zero-order valence-corrected chi connectivity index (χ0v) is 16.1. The van der Waals surface area contributed by atoms with E-state index in [0.29, 0.717) is 50.6 Å². The number of carbonyl (C=O) groups is 2. The van der Waals surface area contributed by atoms with Crippen molar-refractivity contribution < 1.29 is 22.7 Å². The summed E-state index contributed by atoms with van der Waals surface area (Å²) in [7, 11) is -2.95. The molecule has 1 unspecified atom stereocenters. The van der Waals surface area contributed by atoms with Crippen LogP contribution in [0, 0.1) is 0 Å². The van der Waals surface area contributed by atoms with Crippen LogP contribution in [0.3, 0.4) is 0 Å². The number of carbonyl (C=O) groups excluding carboxylic acids is 2. The molecule has 0 spiro atoms. The predicted molar refractivity (Wildman–Crippen MR) is 99.4 cm³/mol. The molecule has 2 aliphatic heterocycles. The van der Waals surface area contributed by atoms with Crippen molar-refractivity contribution in [3.05, 3.63) is 23.9 Å². The highest BCUT2D eigenvalue weighted by molar-refractivity contribution is 7.91. The van der Waals surface area contributed by atoms with E-state index in [4.69, 9.17) is 4.74 Å². The van der Waals surface area contributed by atoms with Gasteiger partial charge in [0.15, 0.2) is 9.84 Å². The average Bonchev–Trinajstić information content (AvgIpc) is 3.00. The number of nitrogens with one attached hydrogen (secondary N) is 1. The summed E-state index contributed by atoms with van der Waals surface area (Å²) in [6.45, 7) is 3.85. The molecule has 2 fully saturated rings. The van der Waals surface area contributed by atoms with Crippen molar-refractivity contribution in [3.63, 3.8) is 0 Å². The highest BCUT2D eigenvalue weighted by atomic mass is 32.2. The minimum atomic E-state index is -2.95. The number of nitrogens with zero attached hydrogens (tertiary/aromatic N) is 3. The van der Waals surface area contributed by atoms with Crippen LogP contribution in [-0.2, 0) is 14.6 Å². The molecule has 0 aromatic carbocycles. The highest BCUT2D eigenvalue weighted by Gasteiger charge is 2.28. The van der Waals surface area contributed by atoms with Crippen LogP contribution in [0.5, 0.6) is 0 Å². The molecule has 0 aliphatic carbocycles. The second-order valence-electron chi connectivity index (χ2n) is 6.65. The van der Waals surface area contributed by atoms with Gasteiger partial charge < -0.3 is 19.9 Å². The fourth-order valence-corrected chi connectivity index (χ4v) is 4.89. The van der Waals surface area contributed by atoms with E-state index in [9.17, 15) is 18.0 Å². The SMILES string of the molecule is CCOC(=O)N1CCN(C(=O)c2ccc(NC3CCS(=O)(=O)C3)nc2)CC1. The lowest BCUT2D eigenvalue weighted by atomic mass is 10.2. The lowest BCUT2D eigenvalue weighted by Crippen LogP contribution is -2.50. The molecule has 2 saturated heterocycles. The van der Waals surface area contributed by atoms with Gasteiger partial charge >= 0.3 is 6.09 Å². The van der Waals surface area contributed by atoms with Crippen LogP contribution >= 0.6 is 0 Å². The van der Waals surface area contributed by atoms with E-state index < -0.39 is 9.84 Å². The van der Waals surface area contributed by atoms with E-state index in [1.807, 2.05) is 0 Å². The maximum Gasteiger partial charge on any atom is 0.409 e. The number of sulfone groups is 1. The molecule has 1 N–H and O–H groups in total. The Kier molecular flexibility index (Phi) is 5.83. The van der Waals surface area contributed by atoms with Gasteiger partial charge in [0.2, 0.25) is 0 Å². The Hall–Kier alpha value is -2.36. The fraction of sp³-hybridized carbons (Fsp3) is 0.588. The number of amides is 2. The molecule has 0 bridgehead atoms. The number of hydrogen-bond donors (Lipinski definition) is 1. The van der Waals surface area contributed by atoms with Crippen molar-refractivity contribution >= 4 is 27.7 Å². The van der Waals surface area contributed by atoms with E-state index in [1.165, 1.54) is 6.20 Å². The number of ether oxygens (including phenoxy) is 1. The molecule has 3 heterocycles. The quantitative estimate of drug-likeness (QED) is 0.793. The summed E-state index contributed by atoms with van der Waals surface area (Å²) in [4.78, 5) is 31.8. The standard InChI is InChI=1S/C17H24N4O5S/c1-2-26-17(23)21-8-6-20(7-9-21)16(22)13-3-4-15(18-11-13)19-14-5-10-27(24,25)12-14/h3-4,11,14H,2,5-10,12H2,1H3,(H,18,19). The van der Waals surface area contributed by atoms with E-state index in [-0.39, 0.29) is 29.5 Å². The molecule has 3 rings (SSSR count). The van der Waals surface area contributed by atoms with Crippen LogP contribution in [0.2, 0.25) is 0 Å². The van der Waals surface area contributed by atoms with Crippen LogP contribution in [0.15, 0.2) is 18.3 Å². The van der Waals surface area contributed by atoms with Gasteiger partial charge in [-0.1, -0.05) is 0 Å². The van der Waals surface area contributed by atoms with Crippen LogP contribution in [-0.4, -0.2) is 85.5 Å². The summed E-state index contributed by atoms with van der Waals surface area (Å²) >= 11 is 0. The topological polar surface area (TPSA) is 109 Å². The highest BCUT2D eigenvalue weighted by Crippen LogP contribution is 2.17. The van der Waals surface area contributed by atoms with Gasteiger partial charge in [-0.3, -0.25) is 4.79 Å². The van der Waals surface area contributed by atoms with Gasteiger partial charge in [0.05, 0.1) is 23.7 Å². The third-order valence-corrected chi connectivity index (χ3v) is 6.46. The molecule has 2 aliphatic rings. The second-order valence-corrected chi connectivity index (χ2v) is 8.88. The van der Waals surface area contributed by atoms with Gasteiger partial charge in [-0.2, -0.15) is 0 Å². The zero-order valence-electron chi connectivity index (χ0n) is 15.3. The minimum Gasteiger partial charge on any atom is -0.450 e. The molecular formula is C17H24N4O5S. The van der Waals surface area contributed by atoms with Crippen molar-refractivity contribution in [2.75, 3.05) is 49.6 Å². The smallest absolute Gasteiger partial charge is 0.409 e. The van der Waals surface area contributed by atoms with Gasteiger partial charge in [0.1, 0.15) is 5.82 Å². The number of anilines is 1. The van der Waals surface area contributed by atoms with Gasteiger partial charge in [-0.25, -0.2) is 18.2 Å². The molecule has 10 heteroatoms. The number of pyridine rings is 1. The third kappa shape index (κ3) is 4.88. The largest absolute Gasteiger partial charge is 0.450 e. The molecule has 1 aromatic rings. The summed E-state index contributed by atoms with van der Waals surface area (Å²) in [5.41, 5.74) is 0.462. The Labute approximate surface area is 158 Å². The Morgan fingerprint density at radius 2 is 1.93 bits per heavy atom. The summed E-state index contributed by atoms with van der Waals surface area (Å²) in [5, 5.41) is 3.10. The van der Waals surface area contributed by atoms with Gasteiger partial charge in [0.25, 0.3) is 5.91 Å². The Morgan fingerprint density at radius 3 is 2.48 bits per heavy atom. The van der Waals surface area contributed by atoms with Crippen molar-refractivity contribution in [1.29, 1.82) is 0 Å². The predicted octanol–water partition coefficient (Wildman–Crippen LogP) is 0.595. The summed E-state index contributed by atoms with van der Waals surface area (Å²) in [5.74, 6) is 0.723. The van der Waals surface area contributed by atoms with Crippen molar-refractivity contribution in [1.82, 2.24) is 14.8 Å². The van der Waals surface area contributed by atoms with Gasteiger partial charge in [-0.15, -0.1) is 0 Å². The average molecular weight is 396 g/mol.